The lowest BCUT2D eigenvalue weighted by Crippen LogP contribution is -2.50. The number of nitrogens with one attached hydrogen (secondary N) is 2. The molecule has 1 aromatic heterocycles. The van der Waals surface area contributed by atoms with Crippen LogP contribution in [-0.4, -0.2) is 47.6 Å². The number of benzene rings is 2. The molecule has 0 atom stereocenters. The summed E-state index contributed by atoms with van der Waals surface area (Å²) in [5, 5.41) is 5.69. The number of anilines is 3. The molecule has 1 amide bonds. The van der Waals surface area contributed by atoms with Crippen LogP contribution in [0.15, 0.2) is 54.9 Å². The van der Waals surface area contributed by atoms with Crippen molar-refractivity contribution in [3.8, 4) is 5.75 Å². The van der Waals surface area contributed by atoms with Crippen LogP contribution in [0.25, 0.3) is 0 Å². The molecule has 4 rings (SSSR count). The topological polar surface area (TPSA) is 92.3 Å². The Hall–Kier alpha value is -3.75. The highest BCUT2D eigenvalue weighted by Gasteiger charge is 2.29. The van der Waals surface area contributed by atoms with Crippen LogP contribution in [0.1, 0.15) is 10.4 Å². The van der Waals surface area contributed by atoms with E-state index in [1.807, 2.05) is 11.0 Å². The summed E-state index contributed by atoms with van der Waals surface area (Å²) in [6.45, 7) is 1.86. The first-order valence-electron chi connectivity index (χ1n) is 9.53. The molecule has 2 N–H and O–H groups in total. The summed E-state index contributed by atoms with van der Waals surface area (Å²) in [5.74, 6) is 0.947. The van der Waals surface area contributed by atoms with Crippen molar-refractivity contribution in [2.75, 3.05) is 37.0 Å². The SMILES string of the molecule is CNC(=O)c1cccc(Nc2ncnc(N3CC(COc4ccccc4F)C3)n2)c1. The van der Waals surface area contributed by atoms with Crippen LogP contribution >= 0.6 is 0 Å². The van der Waals surface area contributed by atoms with Crippen LogP contribution < -0.4 is 20.3 Å². The zero-order valence-electron chi connectivity index (χ0n) is 16.4. The second kappa shape index (κ2) is 8.73. The summed E-state index contributed by atoms with van der Waals surface area (Å²) in [6, 6.07) is 13.4. The minimum Gasteiger partial charge on any atom is -0.490 e. The minimum atomic E-state index is -0.359. The molecule has 8 nitrogen and oxygen atoms in total. The monoisotopic (exact) mass is 408 g/mol. The Morgan fingerprint density at radius 2 is 2.03 bits per heavy atom. The molecule has 0 spiro atoms. The smallest absolute Gasteiger partial charge is 0.251 e. The lowest BCUT2D eigenvalue weighted by Gasteiger charge is -2.38. The van der Waals surface area contributed by atoms with Gasteiger partial charge in [0.2, 0.25) is 11.9 Å². The number of carbonyl (C=O) groups is 1. The molecule has 1 saturated heterocycles. The second-order valence-corrected chi connectivity index (χ2v) is 6.91. The zero-order valence-corrected chi connectivity index (χ0v) is 16.4. The third-order valence-electron chi connectivity index (χ3n) is 4.72. The van der Waals surface area contributed by atoms with Gasteiger partial charge in [-0.1, -0.05) is 18.2 Å². The number of ether oxygens (including phenoxy) is 1. The summed E-state index contributed by atoms with van der Waals surface area (Å²) in [5.41, 5.74) is 1.24. The van der Waals surface area contributed by atoms with Crippen molar-refractivity contribution in [3.63, 3.8) is 0 Å². The molecule has 0 unspecified atom stereocenters. The number of hydrogen-bond acceptors (Lipinski definition) is 7. The highest BCUT2D eigenvalue weighted by Crippen LogP contribution is 2.24. The number of rotatable bonds is 7. The van der Waals surface area contributed by atoms with E-state index < -0.39 is 0 Å². The summed E-state index contributed by atoms with van der Waals surface area (Å²) in [6.07, 6.45) is 1.44. The predicted molar refractivity (Wildman–Crippen MR) is 111 cm³/mol. The van der Waals surface area contributed by atoms with E-state index in [2.05, 4.69) is 25.6 Å². The second-order valence-electron chi connectivity index (χ2n) is 6.91. The van der Waals surface area contributed by atoms with Crippen LogP contribution in [-0.2, 0) is 0 Å². The zero-order chi connectivity index (χ0) is 20.9. The fraction of sp³-hybridized carbons (Fsp3) is 0.238. The Kier molecular flexibility index (Phi) is 5.69. The van der Waals surface area contributed by atoms with Crippen molar-refractivity contribution in [3.05, 3.63) is 66.2 Å². The van der Waals surface area contributed by atoms with Crippen LogP contribution in [0, 0.1) is 11.7 Å². The third-order valence-corrected chi connectivity index (χ3v) is 4.72. The van der Waals surface area contributed by atoms with Gasteiger partial charge in [0.25, 0.3) is 5.91 Å². The molecule has 0 aliphatic carbocycles. The van der Waals surface area contributed by atoms with E-state index in [1.165, 1.54) is 12.4 Å². The van der Waals surface area contributed by atoms with Crippen LogP contribution in [0.5, 0.6) is 5.75 Å². The fourth-order valence-electron chi connectivity index (χ4n) is 3.12. The average molecular weight is 408 g/mol. The largest absolute Gasteiger partial charge is 0.490 e. The van der Waals surface area contributed by atoms with Gasteiger partial charge in [-0.05, 0) is 30.3 Å². The van der Waals surface area contributed by atoms with E-state index in [4.69, 9.17) is 4.74 Å². The molecule has 3 aromatic rings. The molecule has 0 bridgehead atoms. The number of hydrogen-bond donors (Lipinski definition) is 2. The number of para-hydroxylation sites is 1. The highest BCUT2D eigenvalue weighted by molar-refractivity contribution is 5.95. The van der Waals surface area contributed by atoms with Crippen LogP contribution in [0.4, 0.5) is 22.0 Å². The van der Waals surface area contributed by atoms with E-state index in [1.54, 1.807) is 43.4 Å². The normalized spacial score (nSPS) is 13.5. The number of aromatic nitrogens is 3. The predicted octanol–water partition coefficient (Wildman–Crippen LogP) is 2.63. The molecule has 2 heterocycles. The van der Waals surface area contributed by atoms with Gasteiger partial charge >= 0.3 is 0 Å². The van der Waals surface area contributed by atoms with Crippen molar-refractivity contribution >= 4 is 23.5 Å². The number of carbonyl (C=O) groups excluding carboxylic acids is 1. The Morgan fingerprint density at radius 3 is 2.83 bits per heavy atom. The minimum absolute atomic E-state index is 0.167. The number of halogens is 1. The van der Waals surface area contributed by atoms with Gasteiger partial charge in [-0.2, -0.15) is 4.98 Å². The summed E-state index contributed by atoms with van der Waals surface area (Å²) >= 11 is 0. The molecule has 1 fully saturated rings. The lowest BCUT2D eigenvalue weighted by atomic mass is 10.0. The third kappa shape index (κ3) is 4.45. The maximum atomic E-state index is 13.6. The van der Waals surface area contributed by atoms with Gasteiger partial charge in [0.1, 0.15) is 6.33 Å². The van der Waals surface area contributed by atoms with Crippen LogP contribution in [0.2, 0.25) is 0 Å². The van der Waals surface area contributed by atoms with Crippen molar-refractivity contribution < 1.29 is 13.9 Å². The molecule has 154 valence electrons. The molecule has 0 radical (unpaired) electrons. The Balaban J connectivity index is 1.33. The summed E-state index contributed by atoms with van der Waals surface area (Å²) in [7, 11) is 1.59. The molecular formula is C21H21FN6O2. The first-order chi connectivity index (χ1) is 14.6. The summed E-state index contributed by atoms with van der Waals surface area (Å²) < 4.78 is 19.2. The summed E-state index contributed by atoms with van der Waals surface area (Å²) in [4.78, 5) is 26.6. The van der Waals surface area contributed by atoms with Gasteiger partial charge in [-0.3, -0.25) is 4.79 Å². The quantitative estimate of drug-likeness (QED) is 0.621. The van der Waals surface area contributed by atoms with E-state index in [0.29, 0.717) is 42.8 Å². The first-order valence-corrected chi connectivity index (χ1v) is 9.53. The van der Waals surface area contributed by atoms with E-state index in [-0.39, 0.29) is 23.4 Å². The Labute approximate surface area is 173 Å². The van der Waals surface area contributed by atoms with Crippen molar-refractivity contribution in [1.82, 2.24) is 20.3 Å². The first kappa shape index (κ1) is 19.6. The van der Waals surface area contributed by atoms with Gasteiger partial charge in [-0.15, -0.1) is 0 Å². The molecule has 1 aliphatic rings. The van der Waals surface area contributed by atoms with Crippen molar-refractivity contribution in [2.45, 2.75) is 0 Å². The Morgan fingerprint density at radius 1 is 1.20 bits per heavy atom. The Bertz CT molecular complexity index is 1040. The lowest BCUT2D eigenvalue weighted by molar-refractivity contribution is 0.0963. The number of amides is 1. The van der Waals surface area contributed by atoms with Gasteiger partial charge in [0, 0.05) is 37.3 Å². The number of nitrogens with zero attached hydrogens (tertiary/aromatic N) is 4. The van der Waals surface area contributed by atoms with Gasteiger partial charge in [0.15, 0.2) is 11.6 Å². The molecule has 0 saturated carbocycles. The maximum absolute atomic E-state index is 13.6. The van der Waals surface area contributed by atoms with E-state index in [0.717, 1.165) is 0 Å². The van der Waals surface area contributed by atoms with Gasteiger partial charge in [-0.25, -0.2) is 14.4 Å². The highest BCUT2D eigenvalue weighted by atomic mass is 19.1. The average Bonchev–Trinajstić information content (AvgIpc) is 2.74. The molecule has 2 aromatic carbocycles. The van der Waals surface area contributed by atoms with E-state index in [9.17, 15) is 9.18 Å². The van der Waals surface area contributed by atoms with Crippen molar-refractivity contribution in [2.24, 2.45) is 5.92 Å². The van der Waals surface area contributed by atoms with E-state index >= 15 is 0 Å². The van der Waals surface area contributed by atoms with Crippen molar-refractivity contribution in [1.29, 1.82) is 0 Å². The van der Waals surface area contributed by atoms with Gasteiger partial charge in [0.05, 0.1) is 6.61 Å². The molecule has 1 aliphatic heterocycles. The maximum Gasteiger partial charge on any atom is 0.251 e. The molecule has 30 heavy (non-hydrogen) atoms. The molecule has 9 heteroatoms. The fourth-order valence-corrected chi connectivity index (χ4v) is 3.12. The van der Waals surface area contributed by atoms with Gasteiger partial charge < -0.3 is 20.3 Å². The standard InChI is InChI=1S/C21H21FN6O2/c1-23-19(29)15-5-4-6-16(9-15)26-20-24-13-25-21(27-20)28-10-14(11-28)12-30-18-8-3-2-7-17(18)22/h2-9,13-14H,10-12H2,1H3,(H,23,29)(H,24,25,26,27). The van der Waals surface area contributed by atoms with Crippen LogP contribution in [0.3, 0.4) is 0 Å². The molecular weight excluding hydrogens is 387 g/mol.